The lowest BCUT2D eigenvalue weighted by Crippen LogP contribution is -2.20. The molecule has 0 saturated heterocycles. The molecule has 1 atom stereocenters. The predicted molar refractivity (Wildman–Crippen MR) is 57.9 cm³/mol. The topological polar surface area (TPSA) is 119 Å². The number of aliphatic carboxylic acids is 1. The maximum absolute atomic E-state index is 10.7. The maximum Gasteiger partial charge on any atom is 0.330 e. The van der Waals surface area contributed by atoms with Crippen molar-refractivity contribution in [3.8, 4) is 0 Å². The van der Waals surface area contributed by atoms with Gasteiger partial charge in [-0.1, -0.05) is 30.3 Å². The largest absolute Gasteiger partial charge is 0.480 e. The Kier molecular flexibility index (Phi) is 5.97. The lowest BCUT2D eigenvalue weighted by atomic mass is 10.1. The number of carbonyl (C=O) groups is 1. The molecule has 0 heterocycles. The highest BCUT2D eigenvalue weighted by Gasteiger charge is 2.17. The van der Waals surface area contributed by atoms with Crippen molar-refractivity contribution in [2.45, 2.75) is 12.5 Å². The molecule has 0 aliphatic rings. The minimum Gasteiger partial charge on any atom is -0.480 e. The Morgan fingerprint density at radius 1 is 1.31 bits per heavy atom. The van der Waals surface area contributed by atoms with E-state index in [2.05, 4.69) is 4.36 Å². The predicted octanol–water partition coefficient (Wildman–Crippen LogP) is 0.907. The van der Waals surface area contributed by atoms with Crippen LogP contribution in [0.4, 0.5) is 0 Å². The second kappa shape index (κ2) is 6.70. The highest BCUT2D eigenvalue weighted by molar-refractivity contribution is 7.61. The molecule has 0 spiro atoms. The highest BCUT2D eigenvalue weighted by atomic mass is 32.2. The van der Waals surface area contributed by atoms with Crippen LogP contribution in [0.25, 0.3) is 0 Å². The fourth-order valence-corrected chi connectivity index (χ4v) is 1.48. The van der Waals surface area contributed by atoms with E-state index < -0.39 is 22.5 Å². The summed E-state index contributed by atoms with van der Waals surface area (Å²) in [6.07, 6.45) is 0.0736. The van der Waals surface area contributed by atoms with Gasteiger partial charge < -0.3 is 11.3 Å². The first kappa shape index (κ1) is 14.3. The lowest BCUT2D eigenvalue weighted by Gasteiger charge is -2.04. The van der Waals surface area contributed by atoms with Gasteiger partial charge in [0.25, 0.3) is 0 Å². The molecule has 0 radical (unpaired) electrons. The molecule has 0 bridgehead atoms. The van der Waals surface area contributed by atoms with Crippen LogP contribution in [-0.2, 0) is 21.7 Å². The normalized spacial score (nSPS) is 11.0. The van der Waals surface area contributed by atoms with Crippen molar-refractivity contribution in [3.05, 3.63) is 35.9 Å². The van der Waals surface area contributed by atoms with E-state index in [4.69, 9.17) is 5.11 Å². The average Bonchev–Trinajstić information content (AvgIpc) is 2.17. The maximum atomic E-state index is 10.7. The Morgan fingerprint density at radius 2 is 1.88 bits per heavy atom. The monoisotopic (exact) mass is 244 g/mol. The van der Waals surface area contributed by atoms with Gasteiger partial charge in [-0.2, -0.15) is 12.8 Å². The summed E-state index contributed by atoms with van der Waals surface area (Å²) in [5, 5.41) is 8.72. The standard InChI is InChI=1S/C9H9NO4S.H3N/c11-9(12)8(10-15(13)14)6-7-4-2-1-3-5-7;/h1-5,8H,6H2,(H,11,12);1H3/t8-;/m0./s1. The summed E-state index contributed by atoms with van der Waals surface area (Å²) in [5.41, 5.74) is 0.735. The first-order valence-corrected chi connectivity index (χ1v) is 5.19. The Morgan fingerprint density at radius 3 is 2.31 bits per heavy atom. The van der Waals surface area contributed by atoms with Gasteiger partial charge in [0.15, 0.2) is 6.04 Å². The number of rotatable bonds is 4. The van der Waals surface area contributed by atoms with Crippen molar-refractivity contribution in [1.29, 1.82) is 0 Å². The molecular formula is C9H12N2O4S. The molecule has 6 nitrogen and oxygen atoms in total. The number of hydrogen-bond acceptors (Lipinski definition) is 5. The molecule has 0 unspecified atom stereocenters. The van der Waals surface area contributed by atoms with Gasteiger partial charge in [-0.25, -0.2) is 4.79 Å². The van der Waals surface area contributed by atoms with Crippen LogP contribution in [0, 0.1) is 0 Å². The van der Waals surface area contributed by atoms with Crippen LogP contribution in [-0.4, -0.2) is 25.5 Å². The van der Waals surface area contributed by atoms with Gasteiger partial charge >= 0.3 is 16.5 Å². The molecule has 0 fully saturated rings. The van der Waals surface area contributed by atoms with Crippen molar-refractivity contribution < 1.29 is 18.3 Å². The summed E-state index contributed by atoms with van der Waals surface area (Å²) in [6, 6.07) is 7.50. The number of carboxylic acid groups (broad SMARTS) is 1. The van der Waals surface area contributed by atoms with Gasteiger partial charge in [0.1, 0.15) is 0 Å². The Balaban J connectivity index is 0.00000225. The zero-order chi connectivity index (χ0) is 11.3. The molecule has 16 heavy (non-hydrogen) atoms. The van der Waals surface area contributed by atoms with Crippen molar-refractivity contribution in [2.24, 2.45) is 4.36 Å². The summed E-state index contributed by atoms with van der Waals surface area (Å²) in [5.74, 6) is -1.25. The van der Waals surface area contributed by atoms with E-state index in [9.17, 15) is 13.2 Å². The fraction of sp³-hybridized carbons (Fsp3) is 0.222. The number of carboxylic acids is 1. The molecule has 1 rings (SSSR count). The third-order valence-electron chi connectivity index (χ3n) is 1.77. The van der Waals surface area contributed by atoms with E-state index in [-0.39, 0.29) is 12.6 Å². The van der Waals surface area contributed by atoms with E-state index in [0.717, 1.165) is 5.56 Å². The summed E-state index contributed by atoms with van der Waals surface area (Å²) in [7, 11) is -2.70. The minimum absolute atomic E-state index is 0. The van der Waals surface area contributed by atoms with E-state index in [1.54, 1.807) is 30.3 Å². The summed E-state index contributed by atoms with van der Waals surface area (Å²) in [4.78, 5) is 10.7. The minimum atomic E-state index is -2.70. The van der Waals surface area contributed by atoms with Crippen LogP contribution in [0.3, 0.4) is 0 Å². The van der Waals surface area contributed by atoms with Crippen LogP contribution in [0.5, 0.6) is 0 Å². The third kappa shape index (κ3) is 4.67. The van der Waals surface area contributed by atoms with Crippen LogP contribution in [0.2, 0.25) is 0 Å². The molecule has 0 aromatic heterocycles. The van der Waals surface area contributed by atoms with Gasteiger partial charge in [-0.3, -0.25) is 0 Å². The fourth-order valence-electron chi connectivity index (χ4n) is 1.11. The molecule has 0 aliphatic carbocycles. The van der Waals surface area contributed by atoms with Gasteiger partial charge in [0.2, 0.25) is 0 Å². The van der Waals surface area contributed by atoms with Gasteiger partial charge in [0.05, 0.1) is 0 Å². The van der Waals surface area contributed by atoms with Crippen LogP contribution in [0.15, 0.2) is 34.7 Å². The van der Waals surface area contributed by atoms with E-state index >= 15 is 0 Å². The third-order valence-corrected chi connectivity index (χ3v) is 2.20. The summed E-state index contributed by atoms with van der Waals surface area (Å²) < 4.78 is 23.6. The Bertz CT molecular complexity index is 462. The Hall–Kier alpha value is -1.73. The zero-order valence-electron chi connectivity index (χ0n) is 8.41. The molecule has 0 amide bonds. The Labute approximate surface area is 94.2 Å². The van der Waals surface area contributed by atoms with Crippen LogP contribution in [0.1, 0.15) is 5.56 Å². The van der Waals surface area contributed by atoms with Gasteiger partial charge in [-0.05, 0) is 5.56 Å². The molecule has 1 aromatic carbocycles. The molecule has 4 N–H and O–H groups in total. The van der Waals surface area contributed by atoms with Gasteiger partial charge in [-0.15, -0.1) is 0 Å². The van der Waals surface area contributed by atoms with Crippen LogP contribution >= 0.6 is 0 Å². The van der Waals surface area contributed by atoms with Crippen molar-refractivity contribution in [2.75, 3.05) is 0 Å². The second-order valence-corrected chi connectivity index (χ2v) is 3.51. The van der Waals surface area contributed by atoms with Crippen molar-refractivity contribution >= 4 is 16.5 Å². The number of nitrogens with zero attached hydrogens (tertiary/aromatic N) is 1. The molecule has 0 saturated carbocycles. The molecule has 7 heteroatoms. The molecule has 0 aliphatic heterocycles. The second-order valence-electron chi connectivity index (χ2n) is 2.87. The average molecular weight is 244 g/mol. The van der Waals surface area contributed by atoms with Gasteiger partial charge in [0, 0.05) is 6.42 Å². The van der Waals surface area contributed by atoms with E-state index in [0.29, 0.717) is 0 Å². The number of benzene rings is 1. The summed E-state index contributed by atoms with van der Waals surface area (Å²) in [6.45, 7) is 0. The number of hydrogen-bond donors (Lipinski definition) is 2. The van der Waals surface area contributed by atoms with E-state index in [1.807, 2.05) is 0 Å². The van der Waals surface area contributed by atoms with Crippen molar-refractivity contribution in [1.82, 2.24) is 6.15 Å². The smallest absolute Gasteiger partial charge is 0.330 e. The van der Waals surface area contributed by atoms with E-state index in [1.165, 1.54) is 0 Å². The SMILES string of the molecule is N.O=C(O)[C@H](Cc1ccccc1)N=S(=O)=O. The highest BCUT2D eigenvalue weighted by Crippen LogP contribution is 2.05. The zero-order valence-corrected chi connectivity index (χ0v) is 9.22. The molecular weight excluding hydrogens is 232 g/mol. The molecule has 88 valence electrons. The first-order valence-electron chi connectivity index (χ1n) is 4.16. The molecule has 1 aromatic rings. The first-order chi connectivity index (χ1) is 7.09. The van der Waals surface area contributed by atoms with Crippen molar-refractivity contribution in [3.63, 3.8) is 0 Å². The lowest BCUT2D eigenvalue weighted by molar-refractivity contribution is -0.138. The quantitative estimate of drug-likeness (QED) is 0.815. The summed E-state index contributed by atoms with van der Waals surface area (Å²) >= 11 is 0. The van der Waals surface area contributed by atoms with Crippen LogP contribution < -0.4 is 6.15 Å².